The molecule has 0 bridgehead atoms. The summed E-state index contributed by atoms with van der Waals surface area (Å²) >= 11 is 0. The summed E-state index contributed by atoms with van der Waals surface area (Å²) in [6.45, 7) is 0.471. The maximum atomic E-state index is 13.9. The molecule has 0 radical (unpaired) electrons. The topological polar surface area (TPSA) is 102 Å². The maximum Gasteiger partial charge on any atom is 0.407 e. The lowest BCUT2D eigenvalue weighted by atomic mass is 10.0. The first-order valence-corrected chi connectivity index (χ1v) is 12.4. The Morgan fingerprint density at radius 3 is 2.18 bits per heavy atom. The molecular formula is C21H26F4N4O3S. The Hall–Kier alpha value is -2.23. The van der Waals surface area contributed by atoms with E-state index < -0.39 is 51.3 Å². The largest absolute Gasteiger partial charge is 0.407 e. The van der Waals surface area contributed by atoms with Crippen LogP contribution in [0.5, 0.6) is 0 Å². The van der Waals surface area contributed by atoms with Crippen LogP contribution in [0.3, 0.4) is 0 Å². The molecule has 1 saturated carbocycles. The zero-order valence-electron chi connectivity index (χ0n) is 17.9. The lowest BCUT2D eigenvalue weighted by molar-refractivity contribution is -0.160. The van der Waals surface area contributed by atoms with Gasteiger partial charge in [0.05, 0.1) is 11.8 Å². The Morgan fingerprint density at radius 2 is 1.70 bits per heavy atom. The van der Waals surface area contributed by atoms with Crippen LogP contribution in [0, 0.1) is 17.1 Å². The number of hydrogen-bond acceptors (Lipinski definition) is 5. The molecule has 1 amide bonds. The second kappa shape index (κ2) is 9.95. The third-order valence-corrected chi connectivity index (χ3v) is 7.78. The molecule has 1 aromatic rings. The van der Waals surface area contributed by atoms with E-state index in [0.717, 1.165) is 37.1 Å². The Morgan fingerprint density at radius 1 is 1.12 bits per heavy atom. The van der Waals surface area contributed by atoms with Gasteiger partial charge in [-0.05, 0) is 43.4 Å². The van der Waals surface area contributed by atoms with E-state index in [4.69, 9.17) is 0 Å². The first-order valence-electron chi connectivity index (χ1n) is 10.8. The molecule has 0 spiro atoms. The van der Waals surface area contributed by atoms with Gasteiger partial charge in [-0.25, -0.2) is 17.1 Å². The van der Waals surface area contributed by atoms with E-state index in [9.17, 15) is 36.0 Å². The highest BCUT2D eigenvalue weighted by Crippen LogP contribution is 2.36. The highest BCUT2D eigenvalue weighted by molar-refractivity contribution is 7.89. The molecule has 7 nitrogen and oxygen atoms in total. The predicted molar refractivity (Wildman–Crippen MR) is 112 cm³/mol. The SMILES string of the molecule is N#CC1(NC(=O)C(CS(=O)(=O)N2CCCCCC2)N[C@H](c2ccc(F)cc2)C(F)(F)F)CC1. The van der Waals surface area contributed by atoms with Gasteiger partial charge in [0.25, 0.3) is 0 Å². The van der Waals surface area contributed by atoms with Gasteiger partial charge in [-0.2, -0.15) is 18.4 Å². The van der Waals surface area contributed by atoms with Gasteiger partial charge in [0.15, 0.2) is 0 Å². The zero-order chi connectivity index (χ0) is 24.3. The summed E-state index contributed by atoms with van der Waals surface area (Å²) in [7, 11) is -4.07. The standard InChI is InChI=1S/C21H26F4N4O3S/c22-16-7-5-15(6-8-16)18(21(23,24)25)27-17(19(30)28-20(14-26)9-10-20)13-33(31,32)29-11-3-1-2-4-12-29/h5-8,17-18,27H,1-4,9-13H2,(H,28,30)/t17?,18-/m1/s1. The second-order valence-corrected chi connectivity index (χ2v) is 10.5. The molecule has 1 aliphatic carbocycles. The molecule has 12 heteroatoms. The van der Waals surface area contributed by atoms with E-state index in [0.29, 0.717) is 25.7 Å². The molecular weight excluding hydrogens is 464 g/mol. The quantitative estimate of drug-likeness (QED) is 0.546. The lowest BCUT2D eigenvalue weighted by Crippen LogP contribution is -2.55. The van der Waals surface area contributed by atoms with Gasteiger partial charge in [-0.3, -0.25) is 10.1 Å². The van der Waals surface area contributed by atoms with Crippen molar-refractivity contribution in [1.82, 2.24) is 14.9 Å². The summed E-state index contributed by atoms with van der Waals surface area (Å²) in [4.78, 5) is 12.9. The summed E-state index contributed by atoms with van der Waals surface area (Å²) in [5.74, 6) is -2.63. The van der Waals surface area contributed by atoms with E-state index in [-0.39, 0.29) is 18.7 Å². The summed E-state index contributed by atoms with van der Waals surface area (Å²) in [6.07, 6.45) is -1.28. The maximum absolute atomic E-state index is 13.9. The van der Waals surface area contributed by atoms with Crippen LogP contribution in [0.4, 0.5) is 17.6 Å². The fourth-order valence-electron chi connectivity index (χ4n) is 3.78. The number of carbonyl (C=O) groups is 1. The Balaban J connectivity index is 1.88. The van der Waals surface area contributed by atoms with Gasteiger partial charge in [0, 0.05) is 13.1 Å². The summed E-state index contributed by atoms with van der Waals surface area (Å²) in [5, 5.41) is 13.8. The van der Waals surface area contributed by atoms with Crippen LogP contribution in [-0.4, -0.2) is 55.2 Å². The van der Waals surface area contributed by atoms with E-state index in [1.54, 1.807) is 0 Å². The number of hydrogen-bond donors (Lipinski definition) is 2. The second-order valence-electron chi connectivity index (χ2n) is 8.52. The first kappa shape index (κ1) is 25.4. The predicted octanol–water partition coefficient (Wildman–Crippen LogP) is 2.77. The van der Waals surface area contributed by atoms with Crippen LogP contribution in [-0.2, 0) is 14.8 Å². The van der Waals surface area contributed by atoms with Crippen molar-refractivity contribution >= 4 is 15.9 Å². The van der Waals surface area contributed by atoms with Crippen LogP contribution in [0.2, 0.25) is 0 Å². The number of nitrogens with one attached hydrogen (secondary N) is 2. The molecule has 1 aliphatic heterocycles. The molecule has 182 valence electrons. The Bertz CT molecular complexity index is 980. The van der Waals surface area contributed by atoms with Crippen molar-refractivity contribution in [2.75, 3.05) is 18.8 Å². The molecule has 1 saturated heterocycles. The highest BCUT2D eigenvalue weighted by atomic mass is 32.2. The molecule has 0 aromatic heterocycles. The van der Waals surface area contributed by atoms with Crippen LogP contribution in [0.25, 0.3) is 0 Å². The minimum atomic E-state index is -4.89. The Labute approximate surface area is 190 Å². The van der Waals surface area contributed by atoms with Crippen molar-refractivity contribution in [2.45, 2.75) is 62.3 Å². The minimum absolute atomic E-state index is 0.236. The van der Waals surface area contributed by atoms with Crippen molar-refractivity contribution in [3.63, 3.8) is 0 Å². The smallest absolute Gasteiger partial charge is 0.336 e. The van der Waals surface area contributed by atoms with E-state index in [1.807, 2.05) is 6.07 Å². The number of alkyl halides is 3. The zero-order valence-corrected chi connectivity index (χ0v) is 18.7. The first-order chi connectivity index (χ1) is 15.5. The molecule has 2 atom stereocenters. The highest BCUT2D eigenvalue weighted by Gasteiger charge is 2.48. The van der Waals surface area contributed by atoms with E-state index >= 15 is 0 Å². The number of benzene rings is 1. The minimum Gasteiger partial charge on any atom is -0.336 e. The summed E-state index contributed by atoms with van der Waals surface area (Å²) in [5.41, 5.74) is -1.55. The fraction of sp³-hybridized carbons (Fsp3) is 0.619. The molecule has 2 fully saturated rings. The van der Waals surface area contributed by atoms with Crippen molar-refractivity contribution in [3.05, 3.63) is 35.6 Å². The van der Waals surface area contributed by atoms with Gasteiger partial charge >= 0.3 is 6.18 Å². The van der Waals surface area contributed by atoms with Crippen molar-refractivity contribution < 1.29 is 30.8 Å². The van der Waals surface area contributed by atoms with E-state index in [1.165, 1.54) is 4.31 Å². The van der Waals surface area contributed by atoms with Crippen molar-refractivity contribution in [1.29, 1.82) is 5.26 Å². The molecule has 1 unspecified atom stereocenters. The van der Waals surface area contributed by atoms with Crippen LogP contribution < -0.4 is 10.6 Å². The van der Waals surface area contributed by atoms with Crippen LogP contribution >= 0.6 is 0 Å². The van der Waals surface area contributed by atoms with E-state index in [2.05, 4.69) is 10.6 Å². The average Bonchev–Trinajstić information content (AvgIpc) is 3.55. The fourth-order valence-corrected chi connectivity index (χ4v) is 5.48. The van der Waals surface area contributed by atoms with Gasteiger partial charge in [0.1, 0.15) is 23.4 Å². The Kier molecular flexibility index (Phi) is 7.65. The van der Waals surface area contributed by atoms with Crippen molar-refractivity contribution in [2.24, 2.45) is 0 Å². The average molecular weight is 491 g/mol. The summed E-state index contributed by atoms with van der Waals surface area (Å²) in [6, 6.07) is 1.29. The van der Waals surface area contributed by atoms with Gasteiger partial charge in [-0.15, -0.1) is 0 Å². The number of halogens is 4. The number of carbonyl (C=O) groups excluding carboxylic acids is 1. The number of rotatable bonds is 8. The van der Waals surface area contributed by atoms with Crippen LogP contribution in [0.1, 0.15) is 50.1 Å². The number of nitrogens with zero attached hydrogens (tertiary/aromatic N) is 2. The molecule has 3 rings (SSSR count). The summed E-state index contributed by atoms with van der Waals surface area (Å²) < 4.78 is 82.2. The monoisotopic (exact) mass is 490 g/mol. The van der Waals surface area contributed by atoms with Crippen molar-refractivity contribution in [3.8, 4) is 6.07 Å². The van der Waals surface area contributed by atoms with Gasteiger partial charge < -0.3 is 5.32 Å². The van der Waals surface area contributed by atoms with Crippen LogP contribution in [0.15, 0.2) is 24.3 Å². The number of amides is 1. The van der Waals surface area contributed by atoms with Gasteiger partial charge in [-0.1, -0.05) is 25.0 Å². The normalized spacial score (nSPS) is 20.8. The molecule has 1 aromatic carbocycles. The third kappa shape index (κ3) is 6.65. The van der Waals surface area contributed by atoms with Gasteiger partial charge in [0.2, 0.25) is 15.9 Å². The lowest BCUT2D eigenvalue weighted by Gasteiger charge is -2.29. The molecule has 2 N–H and O–H groups in total. The third-order valence-electron chi connectivity index (χ3n) is 5.88. The number of nitriles is 1. The molecule has 2 aliphatic rings. The number of sulfonamides is 1. The molecule has 1 heterocycles. The molecule has 33 heavy (non-hydrogen) atoms.